The third-order valence-corrected chi connectivity index (χ3v) is 9.60. The van der Waals surface area contributed by atoms with Crippen molar-refractivity contribution < 1.29 is 52.1 Å². The van der Waals surface area contributed by atoms with Crippen LogP contribution < -0.4 is 21.3 Å². The number of aliphatic carboxylic acids is 2. The minimum absolute atomic E-state index is 0.141. The first kappa shape index (κ1) is 41.9. The number of rotatable bonds is 18. The zero-order valence-corrected chi connectivity index (χ0v) is 30.6. The predicted molar refractivity (Wildman–Crippen MR) is 195 cm³/mol. The van der Waals surface area contributed by atoms with Gasteiger partial charge in [0.1, 0.15) is 29.1 Å². The van der Waals surface area contributed by atoms with E-state index in [9.17, 15) is 47.4 Å². The Balaban J connectivity index is 1.91. The molecule has 0 spiro atoms. The zero-order valence-electron chi connectivity index (χ0n) is 29.1. The number of amides is 4. The molecule has 0 heterocycles. The third kappa shape index (κ3) is 13.5. The van der Waals surface area contributed by atoms with Crippen LogP contribution in [0.1, 0.15) is 37.8 Å². The number of fused-ring (bicyclic) bond motifs is 1. The van der Waals surface area contributed by atoms with Gasteiger partial charge >= 0.3 is 18.0 Å². The van der Waals surface area contributed by atoms with Gasteiger partial charge in [-0.25, -0.2) is 13.2 Å². The molecule has 4 unspecified atom stereocenters. The molecule has 0 aromatic heterocycles. The van der Waals surface area contributed by atoms with E-state index in [1.165, 1.54) is 0 Å². The fourth-order valence-corrected chi connectivity index (χ4v) is 5.71. The number of benzene rings is 3. The van der Waals surface area contributed by atoms with Gasteiger partial charge in [-0.3, -0.25) is 24.0 Å². The Labute approximate surface area is 311 Å². The van der Waals surface area contributed by atoms with E-state index < -0.39 is 92.9 Å². The van der Waals surface area contributed by atoms with Crippen LogP contribution in [0.3, 0.4) is 0 Å². The largest absolute Gasteiger partial charge is 0.481 e. The van der Waals surface area contributed by atoms with Crippen molar-refractivity contribution in [3.8, 4) is 0 Å². The molecule has 3 rings (SSSR count). The van der Waals surface area contributed by atoms with Gasteiger partial charge in [0, 0.05) is 12.7 Å². The SMILES string of the molecule is CC(C)C(NC(=O)C(Cc1cccc2ccccc12)NC(=O)C(CC(=O)O)NC(=O)OCc1ccccc1)C(=O)NC(C=C(Cl)S(C)(=O)=O)CC(=O)O. The van der Waals surface area contributed by atoms with Crippen molar-refractivity contribution in [3.63, 3.8) is 0 Å². The normalized spacial score (nSPS) is 13.9. The van der Waals surface area contributed by atoms with Crippen molar-refractivity contribution in [3.05, 3.63) is 94.4 Å². The van der Waals surface area contributed by atoms with Crippen LogP contribution in [0.4, 0.5) is 4.79 Å². The number of alkyl carbamates (subject to hydrolysis) is 1. The van der Waals surface area contributed by atoms with Gasteiger partial charge in [0.15, 0.2) is 9.84 Å². The van der Waals surface area contributed by atoms with E-state index in [1.54, 1.807) is 68.4 Å². The molecule has 0 aliphatic heterocycles. The summed E-state index contributed by atoms with van der Waals surface area (Å²) >= 11 is 5.84. The minimum Gasteiger partial charge on any atom is -0.481 e. The summed E-state index contributed by atoms with van der Waals surface area (Å²) in [4.78, 5) is 76.9. The average Bonchev–Trinajstić information content (AvgIpc) is 3.08. The molecular weight excluding hydrogens is 732 g/mol. The highest BCUT2D eigenvalue weighted by atomic mass is 35.5. The Morgan fingerprint density at radius 2 is 1.36 bits per heavy atom. The van der Waals surface area contributed by atoms with Crippen molar-refractivity contribution in [1.29, 1.82) is 0 Å². The number of sulfone groups is 1. The second-order valence-electron chi connectivity index (χ2n) is 12.4. The minimum atomic E-state index is -3.93. The molecule has 4 amide bonds. The summed E-state index contributed by atoms with van der Waals surface area (Å²) in [5.74, 6) is -6.20. The lowest BCUT2D eigenvalue weighted by atomic mass is 9.97. The van der Waals surface area contributed by atoms with Gasteiger partial charge in [0.05, 0.1) is 18.9 Å². The lowest BCUT2D eigenvalue weighted by molar-refractivity contribution is -0.140. The molecule has 53 heavy (non-hydrogen) atoms. The maximum atomic E-state index is 14.0. The summed E-state index contributed by atoms with van der Waals surface area (Å²) in [5.41, 5.74) is 1.25. The Bertz CT molecular complexity index is 1950. The van der Waals surface area contributed by atoms with E-state index in [-0.39, 0.29) is 13.0 Å². The Morgan fingerprint density at radius 1 is 0.755 bits per heavy atom. The van der Waals surface area contributed by atoms with Gasteiger partial charge in [0.2, 0.25) is 17.7 Å². The number of hydrogen-bond acceptors (Lipinski definition) is 9. The Morgan fingerprint density at radius 3 is 1.98 bits per heavy atom. The molecule has 0 radical (unpaired) electrons. The van der Waals surface area contributed by atoms with E-state index in [2.05, 4.69) is 21.3 Å². The van der Waals surface area contributed by atoms with Crippen LogP contribution in [0.2, 0.25) is 0 Å². The fourth-order valence-electron chi connectivity index (χ4n) is 5.15. The second kappa shape index (κ2) is 19.4. The van der Waals surface area contributed by atoms with Crippen LogP contribution in [-0.2, 0) is 51.6 Å². The molecule has 3 aromatic carbocycles. The number of carboxylic acids is 2. The molecule has 0 fully saturated rings. The zero-order chi connectivity index (χ0) is 39.3. The van der Waals surface area contributed by atoms with Gasteiger partial charge in [-0.05, 0) is 33.9 Å². The van der Waals surface area contributed by atoms with Crippen LogP contribution in [0, 0.1) is 5.92 Å². The Kier molecular flexibility index (Phi) is 15.3. The van der Waals surface area contributed by atoms with E-state index in [0.717, 1.165) is 23.1 Å². The Hall–Kier alpha value is -5.48. The molecule has 0 aliphatic rings. The summed E-state index contributed by atoms with van der Waals surface area (Å²) < 4.78 is 28.2. The number of nitrogens with one attached hydrogen (secondary N) is 4. The summed E-state index contributed by atoms with van der Waals surface area (Å²) in [5, 5.41) is 30.2. The van der Waals surface area contributed by atoms with Crippen LogP contribution in [0.5, 0.6) is 0 Å². The highest BCUT2D eigenvalue weighted by Crippen LogP contribution is 2.20. The molecule has 15 nitrogen and oxygen atoms in total. The van der Waals surface area contributed by atoms with Crippen molar-refractivity contribution >= 4 is 68.0 Å². The lowest BCUT2D eigenvalue weighted by Crippen LogP contribution is -2.59. The maximum absolute atomic E-state index is 14.0. The van der Waals surface area contributed by atoms with Gasteiger partial charge in [0.25, 0.3) is 0 Å². The van der Waals surface area contributed by atoms with Gasteiger partial charge in [-0.15, -0.1) is 0 Å². The van der Waals surface area contributed by atoms with E-state index in [4.69, 9.17) is 16.3 Å². The number of carbonyl (C=O) groups excluding carboxylic acids is 4. The molecule has 284 valence electrons. The standard InChI is InChI=1S/C36H41ClN4O11S/c1-21(2)32(35(48)38-25(18-30(42)43)17-29(37)53(3,50)51)41-34(47)27(16-24-14-9-13-23-12-7-8-15-26(23)24)39-33(46)28(19-31(44)45)40-36(49)52-20-22-10-5-4-6-11-22/h4-15,17,21,25,27-28,32H,16,18-20H2,1-3H3,(H,38,48)(H,39,46)(H,40,49)(H,41,47)(H,42,43)(H,44,45). The first-order valence-electron chi connectivity index (χ1n) is 16.3. The van der Waals surface area contributed by atoms with Gasteiger partial charge in [-0.2, -0.15) is 0 Å². The van der Waals surface area contributed by atoms with Crippen molar-refractivity contribution in [2.45, 2.75) is 63.9 Å². The number of ether oxygens (including phenoxy) is 1. The molecule has 0 aliphatic carbocycles. The van der Waals surface area contributed by atoms with Gasteiger partial charge < -0.3 is 36.2 Å². The van der Waals surface area contributed by atoms with E-state index in [0.29, 0.717) is 11.1 Å². The van der Waals surface area contributed by atoms with Crippen LogP contribution in [0.25, 0.3) is 10.8 Å². The van der Waals surface area contributed by atoms with Crippen LogP contribution in [-0.4, -0.2) is 84.8 Å². The van der Waals surface area contributed by atoms with Gasteiger partial charge in [-0.1, -0.05) is 98.2 Å². The second-order valence-corrected chi connectivity index (χ2v) is 15.1. The summed E-state index contributed by atoms with van der Waals surface area (Å²) in [6.45, 7) is 3.01. The summed E-state index contributed by atoms with van der Waals surface area (Å²) in [7, 11) is -3.93. The van der Waals surface area contributed by atoms with Crippen molar-refractivity contribution in [2.24, 2.45) is 5.92 Å². The number of hydrogen-bond donors (Lipinski definition) is 6. The number of halogens is 1. The quantitative estimate of drug-likeness (QED) is 0.110. The predicted octanol–water partition coefficient (Wildman–Crippen LogP) is 2.86. The first-order valence-corrected chi connectivity index (χ1v) is 18.6. The fraction of sp³-hybridized carbons (Fsp3) is 0.333. The summed E-state index contributed by atoms with van der Waals surface area (Å²) in [6, 6.07) is 15.4. The van der Waals surface area contributed by atoms with Crippen LogP contribution >= 0.6 is 11.6 Å². The molecular formula is C36H41ClN4O11S. The highest BCUT2D eigenvalue weighted by Gasteiger charge is 2.33. The van der Waals surface area contributed by atoms with E-state index >= 15 is 0 Å². The average molecular weight is 773 g/mol. The molecule has 4 atom stereocenters. The molecule has 3 aromatic rings. The summed E-state index contributed by atoms with van der Waals surface area (Å²) in [6.07, 6.45) is -1.15. The van der Waals surface area contributed by atoms with E-state index in [1.807, 2.05) is 18.2 Å². The third-order valence-electron chi connectivity index (χ3n) is 7.79. The van der Waals surface area contributed by atoms with Crippen molar-refractivity contribution in [1.82, 2.24) is 21.3 Å². The number of carboxylic acid groups (broad SMARTS) is 2. The monoisotopic (exact) mass is 772 g/mol. The molecule has 6 N–H and O–H groups in total. The molecule has 0 saturated carbocycles. The van der Waals surface area contributed by atoms with Crippen molar-refractivity contribution in [2.75, 3.05) is 6.26 Å². The van der Waals surface area contributed by atoms with Crippen LogP contribution in [0.15, 0.2) is 83.2 Å². The molecule has 0 bridgehead atoms. The highest BCUT2D eigenvalue weighted by molar-refractivity contribution is 7.96. The molecule has 0 saturated heterocycles. The lowest BCUT2D eigenvalue weighted by Gasteiger charge is -2.28. The molecule has 17 heteroatoms. The maximum Gasteiger partial charge on any atom is 0.408 e. The first-order chi connectivity index (χ1) is 24.9. The smallest absolute Gasteiger partial charge is 0.408 e. The number of carbonyl (C=O) groups is 6. The topological polar surface area (TPSA) is 234 Å².